The molecule has 0 atom stereocenters. The average molecular weight is 604 g/mol. The molecule has 2 aromatic carbocycles. The Hall–Kier alpha value is -2.98. The zero-order chi connectivity index (χ0) is 27.3. The molecule has 0 fully saturated rings. The Labute approximate surface area is 236 Å². The highest BCUT2D eigenvalue weighted by Crippen LogP contribution is 2.28. The normalized spacial score (nSPS) is 10.7. The fourth-order valence-electron chi connectivity index (χ4n) is 3.92. The van der Waals surface area contributed by atoms with Gasteiger partial charge in [-0.2, -0.15) is 0 Å². The van der Waals surface area contributed by atoms with Crippen molar-refractivity contribution in [1.82, 2.24) is 15.1 Å². The number of hydrogen-bond acceptors (Lipinski definition) is 7. The highest BCUT2D eigenvalue weighted by atomic mass is 79.9. The van der Waals surface area contributed by atoms with Gasteiger partial charge in [0.15, 0.2) is 11.5 Å². The van der Waals surface area contributed by atoms with Crippen molar-refractivity contribution in [3.05, 3.63) is 52.5 Å². The number of carbonyl (C=O) groups is 2. The highest BCUT2D eigenvalue weighted by Gasteiger charge is 2.17. The predicted molar refractivity (Wildman–Crippen MR) is 155 cm³/mol. The molecular formula is C28H35BrN4O4S. The largest absolute Gasteiger partial charge is 0.493 e. The predicted octanol–water partition coefficient (Wildman–Crippen LogP) is 6.36. The van der Waals surface area contributed by atoms with Gasteiger partial charge in [0.05, 0.1) is 14.2 Å². The number of hydrogen-bond donors (Lipinski definition) is 1. The molecule has 1 N–H and O–H groups in total. The van der Waals surface area contributed by atoms with Crippen molar-refractivity contribution in [1.29, 1.82) is 0 Å². The van der Waals surface area contributed by atoms with E-state index in [-0.39, 0.29) is 18.2 Å². The SMILES string of the molecule is CCCCCCC(=O)N(CCC(=O)Nc1nnc(-c2ccc(Br)cc2)s1)CCc1ccc(OC)c(OC)c1. The summed E-state index contributed by atoms with van der Waals surface area (Å²) in [6, 6.07) is 13.5. The molecule has 8 nitrogen and oxygen atoms in total. The molecule has 0 unspecified atom stereocenters. The van der Waals surface area contributed by atoms with Crippen LogP contribution in [0.4, 0.5) is 5.13 Å². The van der Waals surface area contributed by atoms with Gasteiger partial charge in [0.25, 0.3) is 0 Å². The first-order valence-corrected chi connectivity index (χ1v) is 14.4. The first-order chi connectivity index (χ1) is 18.4. The van der Waals surface area contributed by atoms with Crippen LogP contribution in [-0.4, -0.2) is 54.2 Å². The maximum Gasteiger partial charge on any atom is 0.227 e. The molecule has 0 aliphatic rings. The lowest BCUT2D eigenvalue weighted by atomic mass is 10.1. The molecule has 0 bridgehead atoms. The Morgan fingerprint density at radius 1 is 0.947 bits per heavy atom. The first-order valence-electron chi connectivity index (χ1n) is 12.8. The number of aromatic nitrogens is 2. The smallest absolute Gasteiger partial charge is 0.227 e. The minimum absolute atomic E-state index is 0.0721. The van der Waals surface area contributed by atoms with Crippen molar-refractivity contribution in [2.45, 2.75) is 51.9 Å². The fourth-order valence-corrected chi connectivity index (χ4v) is 4.95. The van der Waals surface area contributed by atoms with E-state index >= 15 is 0 Å². The second kappa shape index (κ2) is 15.4. The number of carbonyl (C=O) groups excluding carboxylic acids is 2. The third-order valence-electron chi connectivity index (χ3n) is 6.09. The van der Waals surface area contributed by atoms with Gasteiger partial charge in [-0.1, -0.05) is 71.7 Å². The van der Waals surface area contributed by atoms with E-state index in [0.717, 1.165) is 46.3 Å². The number of benzene rings is 2. The molecule has 3 rings (SSSR count). The van der Waals surface area contributed by atoms with E-state index in [2.05, 4.69) is 38.4 Å². The maximum absolute atomic E-state index is 13.0. The number of amides is 2. The van der Waals surface area contributed by atoms with E-state index in [4.69, 9.17) is 9.47 Å². The number of unbranched alkanes of at least 4 members (excludes halogenated alkanes) is 3. The van der Waals surface area contributed by atoms with Crippen molar-refractivity contribution in [3.8, 4) is 22.1 Å². The van der Waals surface area contributed by atoms with E-state index in [0.29, 0.717) is 42.6 Å². The standard InChI is InChI=1S/C28H35BrN4O4S/c1-4-5-6-7-8-26(35)33(17-15-20-9-14-23(36-2)24(19-20)37-3)18-16-25(34)30-28-32-31-27(38-28)21-10-12-22(29)13-11-21/h9-14,19H,4-8,15-18H2,1-3H3,(H,30,32,34). The van der Waals surface area contributed by atoms with Gasteiger partial charge < -0.3 is 19.7 Å². The van der Waals surface area contributed by atoms with Crippen LogP contribution in [0, 0.1) is 0 Å². The Bertz CT molecular complexity index is 1190. The molecule has 3 aromatic rings. The van der Waals surface area contributed by atoms with Crippen LogP contribution in [0.25, 0.3) is 10.6 Å². The second-order valence-electron chi connectivity index (χ2n) is 8.85. The summed E-state index contributed by atoms with van der Waals surface area (Å²) in [7, 11) is 3.21. The molecule has 0 aliphatic carbocycles. The van der Waals surface area contributed by atoms with Crippen molar-refractivity contribution in [2.24, 2.45) is 0 Å². The summed E-state index contributed by atoms with van der Waals surface area (Å²) in [5, 5.41) is 12.3. The van der Waals surface area contributed by atoms with Crippen molar-refractivity contribution >= 4 is 44.2 Å². The number of nitrogens with zero attached hydrogens (tertiary/aromatic N) is 3. The van der Waals surface area contributed by atoms with Crippen LogP contribution < -0.4 is 14.8 Å². The molecule has 204 valence electrons. The molecule has 1 aromatic heterocycles. The van der Waals surface area contributed by atoms with Crippen LogP contribution in [0.5, 0.6) is 11.5 Å². The molecule has 0 saturated heterocycles. The Morgan fingerprint density at radius 2 is 1.71 bits per heavy atom. The molecule has 0 spiro atoms. The van der Waals surface area contributed by atoms with E-state index < -0.39 is 0 Å². The van der Waals surface area contributed by atoms with E-state index in [1.807, 2.05) is 42.5 Å². The zero-order valence-corrected chi connectivity index (χ0v) is 24.6. The van der Waals surface area contributed by atoms with E-state index in [9.17, 15) is 9.59 Å². The van der Waals surface area contributed by atoms with Crippen molar-refractivity contribution < 1.29 is 19.1 Å². The number of methoxy groups -OCH3 is 2. The van der Waals surface area contributed by atoms with Crippen LogP contribution in [-0.2, 0) is 16.0 Å². The number of nitrogens with one attached hydrogen (secondary N) is 1. The van der Waals surface area contributed by atoms with Gasteiger partial charge in [0.1, 0.15) is 5.01 Å². The van der Waals surface area contributed by atoms with Gasteiger partial charge in [-0.15, -0.1) is 10.2 Å². The van der Waals surface area contributed by atoms with Crippen molar-refractivity contribution in [3.63, 3.8) is 0 Å². The monoisotopic (exact) mass is 602 g/mol. The summed E-state index contributed by atoms with van der Waals surface area (Å²) in [4.78, 5) is 27.5. The number of ether oxygens (including phenoxy) is 2. The van der Waals surface area contributed by atoms with E-state index in [1.54, 1.807) is 19.1 Å². The maximum atomic E-state index is 13.0. The molecular weight excluding hydrogens is 568 g/mol. The number of halogens is 1. The lowest BCUT2D eigenvalue weighted by molar-refractivity contribution is -0.131. The number of rotatable bonds is 15. The topological polar surface area (TPSA) is 93.7 Å². The quantitative estimate of drug-likeness (QED) is 0.204. The first kappa shape index (κ1) is 29.6. The summed E-state index contributed by atoms with van der Waals surface area (Å²) in [5.41, 5.74) is 1.96. The second-order valence-corrected chi connectivity index (χ2v) is 10.7. The lowest BCUT2D eigenvalue weighted by Gasteiger charge is -2.23. The fraction of sp³-hybridized carbons (Fsp3) is 0.429. The molecule has 38 heavy (non-hydrogen) atoms. The summed E-state index contributed by atoms with van der Waals surface area (Å²) in [5.74, 6) is 1.19. The van der Waals surface area contributed by atoms with Crippen LogP contribution in [0.1, 0.15) is 51.0 Å². The summed E-state index contributed by atoms with van der Waals surface area (Å²) in [6.45, 7) is 3.00. The van der Waals surface area contributed by atoms with Crippen LogP contribution >= 0.6 is 27.3 Å². The number of anilines is 1. The minimum atomic E-state index is -0.196. The molecule has 2 amide bonds. The Morgan fingerprint density at radius 3 is 2.42 bits per heavy atom. The average Bonchev–Trinajstić information content (AvgIpc) is 3.39. The Kier molecular flexibility index (Phi) is 12.0. The van der Waals surface area contributed by atoms with Gasteiger partial charge in [-0.25, -0.2) is 0 Å². The molecule has 0 aliphatic heterocycles. The van der Waals surface area contributed by atoms with Gasteiger partial charge in [0, 0.05) is 36.0 Å². The highest BCUT2D eigenvalue weighted by molar-refractivity contribution is 9.10. The van der Waals surface area contributed by atoms with Crippen LogP contribution in [0.2, 0.25) is 0 Å². The van der Waals surface area contributed by atoms with E-state index in [1.165, 1.54) is 11.3 Å². The minimum Gasteiger partial charge on any atom is -0.493 e. The zero-order valence-electron chi connectivity index (χ0n) is 22.2. The summed E-state index contributed by atoms with van der Waals surface area (Å²) < 4.78 is 11.7. The third kappa shape index (κ3) is 9.09. The molecule has 1 heterocycles. The molecule has 0 radical (unpaired) electrons. The van der Waals surface area contributed by atoms with Crippen LogP contribution in [0.3, 0.4) is 0 Å². The summed E-state index contributed by atoms with van der Waals surface area (Å²) in [6.07, 6.45) is 5.44. The lowest BCUT2D eigenvalue weighted by Crippen LogP contribution is -2.35. The molecule has 10 heteroatoms. The summed E-state index contributed by atoms with van der Waals surface area (Å²) >= 11 is 4.74. The molecule has 0 saturated carbocycles. The van der Waals surface area contributed by atoms with Gasteiger partial charge in [-0.05, 0) is 42.7 Å². The van der Waals surface area contributed by atoms with Crippen molar-refractivity contribution in [2.75, 3.05) is 32.6 Å². The van der Waals surface area contributed by atoms with Gasteiger partial charge in [-0.3, -0.25) is 9.59 Å². The van der Waals surface area contributed by atoms with Gasteiger partial charge >= 0.3 is 0 Å². The third-order valence-corrected chi connectivity index (χ3v) is 7.50. The Balaban J connectivity index is 1.58. The van der Waals surface area contributed by atoms with Crippen LogP contribution in [0.15, 0.2) is 46.9 Å². The van der Waals surface area contributed by atoms with Gasteiger partial charge in [0.2, 0.25) is 16.9 Å².